The SMILES string of the molecule is CNC(CNC(C)C)c1ccc2nc[nH]c2c1. The van der Waals surface area contributed by atoms with E-state index in [0.717, 1.165) is 17.6 Å². The van der Waals surface area contributed by atoms with E-state index in [1.54, 1.807) is 6.33 Å². The number of imidazole rings is 1. The fourth-order valence-corrected chi connectivity index (χ4v) is 1.91. The lowest BCUT2D eigenvalue weighted by atomic mass is 10.1. The van der Waals surface area contributed by atoms with Gasteiger partial charge < -0.3 is 15.6 Å². The molecule has 0 spiro atoms. The van der Waals surface area contributed by atoms with E-state index in [1.165, 1.54) is 5.56 Å². The first-order chi connectivity index (χ1) is 8.20. The van der Waals surface area contributed by atoms with Crippen LogP contribution in [0.15, 0.2) is 24.5 Å². The van der Waals surface area contributed by atoms with Crippen molar-refractivity contribution < 1.29 is 0 Å². The lowest BCUT2D eigenvalue weighted by Gasteiger charge is -2.19. The van der Waals surface area contributed by atoms with Gasteiger partial charge in [-0.1, -0.05) is 19.9 Å². The third-order valence-corrected chi connectivity index (χ3v) is 2.93. The van der Waals surface area contributed by atoms with Crippen LogP contribution in [0.2, 0.25) is 0 Å². The highest BCUT2D eigenvalue weighted by molar-refractivity contribution is 5.75. The van der Waals surface area contributed by atoms with Crippen molar-refractivity contribution in [1.29, 1.82) is 0 Å². The molecule has 0 aliphatic rings. The first-order valence-corrected chi connectivity index (χ1v) is 6.04. The second kappa shape index (κ2) is 5.29. The summed E-state index contributed by atoms with van der Waals surface area (Å²) < 4.78 is 0. The maximum absolute atomic E-state index is 4.23. The van der Waals surface area contributed by atoms with Gasteiger partial charge in [0.1, 0.15) is 0 Å². The Balaban J connectivity index is 2.17. The monoisotopic (exact) mass is 232 g/mol. The second-order valence-electron chi connectivity index (χ2n) is 4.58. The molecule has 1 heterocycles. The molecule has 1 aromatic heterocycles. The van der Waals surface area contributed by atoms with Crippen molar-refractivity contribution in [2.24, 2.45) is 0 Å². The van der Waals surface area contributed by atoms with Gasteiger partial charge in [-0.2, -0.15) is 0 Å². The Labute approximate surface area is 102 Å². The van der Waals surface area contributed by atoms with E-state index in [2.05, 4.69) is 52.6 Å². The smallest absolute Gasteiger partial charge is 0.0931 e. The highest BCUT2D eigenvalue weighted by Gasteiger charge is 2.10. The molecular formula is C13H20N4. The standard InChI is InChI=1S/C13H20N4/c1-9(2)15-7-13(14-3)10-4-5-11-12(6-10)17-8-16-11/h4-6,8-9,13-15H,7H2,1-3H3,(H,16,17). The summed E-state index contributed by atoms with van der Waals surface area (Å²) in [7, 11) is 1.99. The zero-order valence-corrected chi connectivity index (χ0v) is 10.6. The summed E-state index contributed by atoms with van der Waals surface area (Å²) in [6, 6.07) is 7.17. The van der Waals surface area contributed by atoms with Crippen LogP contribution in [-0.4, -0.2) is 29.6 Å². The predicted octanol–water partition coefficient (Wildman–Crippen LogP) is 1.82. The number of H-pyrrole nitrogens is 1. The number of nitrogens with zero attached hydrogens (tertiary/aromatic N) is 1. The minimum Gasteiger partial charge on any atom is -0.345 e. The van der Waals surface area contributed by atoms with E-state index in [9.17, 15) is 0 Å². The normalized spacial score (nSPS) is 13.4. The summed E-state index contributed by atoms with van der Waals surface area (Å²) in [5.41, 5.74) is 3.38. The molecule has 0 aliphatic heterocycles. The van der Waals surface area contributed by atoms with Gasteiger partial charge in [0, 0.05) is 18.6 Å². The molecule has 1 aromatic carbocycles. The number of aromatic amines is 1. The van der Waals surface area contributed by atoms with Crippen LogP contribution in [-0.2, 0) is 0 Å². The van der Waals surface area contributed by atoms with Crippen molar-refractivity contribution in [3.63, 3.8) is 0 Å². The largest absolute Gasteiger partial charge is 0.345 e. The van der Waals surface area contributed by atoms with Gasteiger partial charge in [-0.15, -0.1) is 0 Å². The second-order valence-corrected chi connectivity index (χ2v) is 4.58. The van der Waals surface area contributed by atoms with Crippen molar-refractivity contribution in [3.05, 3.63) is 30.1 Å². The molecule has 0 fully saturated rings. The van der Waals surface area contributed by atoms with Crippen molar-refractivity contribution >= 4 is 11.0 Å². The summed E-state index contributed by atoms with van der Waals surface area (Å²) in [6.07, 6.45) is 1.73. The average molecular weight is 232 g/mol. The molecule has 4 nitrogen and oxygen atoms in total. The van der Waals surface area contributed by atoms with Crippen LogP contribution in [0.5, 0.6) is 0 Å². The van der Waals surface area contributed by atoms with Gasteiger partial charge in [0.2, 0.25) is 0 Å². The Morgan fingerprint density at radius 3 is 2.88 bits per heavy atom. The average Bonchev–Trinajstić information content (AvgIpc) is 2.76. The lowest BCUT2D eigenvalue weighted by molar-refractivity contribution is 0.491. The van der Waals surface area contributed by atoms with Crippen molar-refractivity contribution in [2.75, 3.05) is 13.6 Å². The summed E-state index contributed by atoms with van der Waals surface area (Å²) in [4.78, 5) is 7.37. The van der Waals surface area contributed by atoms with Gasteiger partial charge in [0.05, 0.1) is 17.4 Å². The van der Waals surface area contributed by atoms with Gasteiger partial charge in [-0.25, -0.2) is 4.98 Å². The number of rotatable bonds is 5. The van der Waals surface area contributed by atoms with Gasteiger partial charge in [-0.3, -0.25) is 0 Å². The Morgan fingerprint density at radius 1 is 1.35 bits per heavy atom. The van der Waals surface area contributed by atoms with Gasteiger partial charge in [0.15, 0.2) is 0 Å². The highest BCUT2D eigenvalue weighted by atomic mass is 15.0. The Kier molecular flexibility index (Phi) is 3.76. The molecule has 4 heteroatoms. The van der Waals surface area contributed by atoms with Crippen LogP contribution in [0, 0.1) is 0 Å². The minimum absolute atomic E-state index is 0.324. The first kappa shape index (κ1) is 12.1. The van der Waals surface area contributed by atoms with E-state index in [1.807, 2.05) is 7.05 Å². The molecule has 2 rings (SSSR count). The van der Waals surface area contributed by atoms with Crippen LogP contribution in [0.3, 0.4) is 0 Å². The Hall–Kier alpha value is -1.39. The summed E-state index contributed by atoms with van der Waals surface area (Å²) in [5, 5.41) is 6.78. The molecule has 3 N–H and O–H groups in total. The molecule has 0 saturated heterocycles. The third-order valence-electron chi connectivity index (χ3n) is 2.93. The number of benzene rings is 1. The summed E-state index contributed by atoms with van der Waals surface area (Å²) in [5.74, 6) is 0. The number of hydrogen-bond donors (Lipinski definition) is 3. The van der Waals surface area contributed by atoms with Crippen LogP contribution >= 0.6 is 0 Å². The lowest BCUT2D eigenvalue weighted by Crippen LogP contribution is -2.33. The number of aromatic nitrogens is 2. The zero-order chi connectivity index (χ0) is 12.3. The number of likely N-dealkylation sites (N-methyl/N-ethyl adjacent to an activating group) is 1. The quantitative estimate of drug-likeness (QED) is 0.737. The summed E-state index contributed by atoms with van der Waals surface area (Å²) >= 11 is 0. The van der Waals surface area contributed by atoms with Crippen LogP contribution in [0.4, 0.5) is 0 Å². The fraction of sp³-hybridized carbons (Fsp3) is 0.462. The zero-order valence-electron chi connectivity index (χ0n) is 10.6. The molecule has 2 aromatic rings. The van der Waals surface area contributed by atoms with E-state index >= 15 is 0 Å². The molecule has 0 amide bonds. The van der Waals surface area contributed by atoms with E-state index in [-0.39, 0.29) is 0 Å². The first-order valence-electron chi connectivity index (χ1n) is 6.04. The van der Waals surface area contributed by atoms with Gasteiger partial charge in [-0.05, 0) is 24.7 Å². The van der Waals surface area contributed by atoms with Gasteiger partial charge >= 0.3 is 0 Å². The number of nitrogens with one attached hydrogen (secondary N) is 3. The highest BCUT2D eigenvalue weighted by Crippen LogP contribution is 2.17. The van der Waals surface area contributed by atoms with Crippen LogP contribution in [0.25, 0.3) is 11.0 Å². The Bertz CT molecular complexity index is 475. The topological polar surface area (TPSA) is 52.7 Å². The molecule has 1 unspecified atom stereocenters. The molecule has 0 radical (unpaired) electrons. The minimum atomic E-state index is 0.324. The molecule has 1 atom stereocenters. The molecule has 0 aliphatic carbocycles. The molecular weight excluding hydrogens is 212 g/mol. The predicted molar refractivity (Wildman–Crippen MR) is 71.0 cm³/mol. The van der Waals surface area contributed by atoms with Crippen LogP contribution < -0.4 is 10.6 Å². The third kappa shape index (κ3) is 2.84. The van der Waals surface area contributed by atoms with Gasteiger partial charge in [0.25, 0.3) is 0 Å². The van der Waals surface area contributed by atoms with E-state index in [4.69, 9.17) is 0 Å². The van der Waals surface area contributed by atoms with Crippen molar-refractivity contribution in [1.82, 2.24) is 20.6 Å². The van der Waals surface area contributed by atoms with Crippen molar-refractivity contribution in [3.8, 4) is 0 Å². The molecule has 17 heavy (non-hydrogen) atoms. The van der Waals surface area contributed by atoms with Crippen LogP contribution in [0.1, 0.15) is 25.5 Å². The fourth-order valence-electron chi connectivity index (χ4n) is 1.91. The number of fused-ring (bicyclic) bond motifs is 1. The molecule has 0 saturated carbocycles. The summed E-state index contributed by atoms with van der Waals surface area (Å²) in [6.45, 7) is 5.24. The number of hydrogen-bond acceptors (Lipinski definition) is 3. The molecule has 0 bridgehead atoms. The maximum Gasteiger partial charge on any atom is 0.0931 e. The van der Waals surface area contributed by atoms with E-state index in [0.29, 0.717) is 12.1 Å². The van der Waals surface area contributed by atoms with E-state index < -0.39 is 0 Å². The van der Waals surface area contributed by atoms with Crippen molar-refractivity contribution in [2.45, 2.75) is 25.9 Å². The maximum atomic E-state index is 4.23. The Morgan fingerprint density at radius 2 is 2.18 bits per heavy atom. The molecule has 92 valence electrons.